The van der Waals surface area contributed by atoms with Crippen molar-refractivity contribution in [2.24, 2.45) is 0 Å². The van der Waals surface area contributed by atoms with Crippen LogP contribution in [-0.4, -0.2) is 15.6 Å². The summed E-state index contributed by atoms with van der Waals surface area (Å²) in [4.78, 5) is 12.7. The van der Waals surface area contributed by atoms with Crippen molar-refractivity contribution in [2.75, 3.05) is 5.32 Å². The van der Waals surface area contributed by atoms with Crippen LogP contribution in [0.3, 0.4) is 0 Å². The van der Waals surface area contributed by atoms with Gasteiger partial charge in [-0.3, -0.25) is 4.79 Å². The minimum absolute atomic E-state index is 0.168. The van der Waals surface area contributed by atoms with E-state index in [0.717, 1.165) is 40.9 Å². The largest absolute Gasteiger partial charge is 0.338 e. The van der Waals surface area contributed by atoms with Gasteiger partial charge in [0.15, 0.2) is 11.6 Å². The Morgan fingerprint density at radius 3 is 2.48 bits per heavy atom. The molecule has 4 heteroatoms. The van der Waals surface area contributed by atoms with E-state index in [4.69, 9.17) is 5.10 Å². The third-order valence-electron chi connectivity index (χ3n) is 5.09. The number of nitrogens with zero attached hydrogens (tertiary/aromatic N) is 2. The Labute approximate surface area is 157 Å². The van der Waals surface area contributed by atoms with Gasteiger partial charge in [0, 0.05) is 12.1 Å². The normalized spacial score (nSPS) is 13.6. The number of hydrogen-bond acceptors (Lipinski definition) is 3. The molecule has 1 heterocycles. The molecule has 4 nitrogen and oxygen atoms in total. The highest BCUT2D eigenvalue weighted by atomic mass is 16.1. The number of rotatable bonds is 3. The fourth-order valence-electron chi connectivity index (χ4n) is 3.79. The van der Waals surface area contributed by atoms with Gasteiger partial charge in [-0.15, -0.1) is 5.10 Å². The molecule has 1 aliphatic rings. The Bertz CT molecular complexity index is 1140. The molecule has 0 saturated carbocycles. The highest BCUT2D eigenvalue weighted by Crippen LogP contribution is 2.32. The monoisotopic (exact) mass is 353 g/mol. The number of hydrogen-bond donors (Lipinski definition) is 1. The molecule has 0 atom stereocenters. The number of carbonyl (C=O) groups excluding carboxylic acids is 1. The topological polar surface area (TPSA) is 46.9 Å². The second kappa shape index (κ2) is 6.40. The van der Waals surface area contributed by atoms with Gasteiger partial charge in [0.2, 0.25) is 0 Å². The van der Waals surface area contributed by atoms with Crippen molar-refractivity contribution in [3.63, 3.8) is 0 Å². The SMILES string of the molecule is O=C1CCCc2c1c(Nc1ccc3ccccc3c1)nn2-c1ccccc1. The molecular formula is C23H19N3O. The summed E-state index contributed by atoms with van der Waals surface area (Å²) in [7, 11) is 0. The van der Waals surface area contributed by atoms with Crippen LogP contribution in [0, 0.1) is 0 Å². The Hall–Kier alpha value is -3.40. The molecule has 0 aliphatic heterocycles. The molecule has 27 heavy (non-hydrogen) atoms. The number of fused-ring (bicyclic) bond motifs is 2. The van der Waals surface area contributed by atoms with Gasteiger partial charge >= 0.3 is 0 Å². The molecule has 4 aromatic rings. The summed E-state index contributed by atoms with van der Waals surface area (Å²) in [5, 5.41) is 10.5. The first-order valence-electron chi connectivity index (χ1n) is 9.26. The standard InChI is InChI=1S/C23H19N3O/c27-21-12-6-11-20-22(21)23(25-26(20)19-9-2-1-3-10-19)24-18-14-13-16-7-4-5-8-17(16)15-18/h1-5,7-10,13-15H,6,11-12H2,(H,24,25). The summed E-state index contributed by atoms with van der Waals surface area (Å²) < 4.78 is 1.91. The van der Waals surface area contributed by atoms with Crippen LogP contribution in [-0.2, 0) is 6.42 Å². The lowest BCUT2D eigenvalue weighted by Gasteiger charge is -2.13. The molecule has 0 spiro atoms. The summed E-state index contributed by atoms with van der Waals surface area (Å²) in [5.74, 6) is 0.815. The maximum atomic E-state index is 12.7. The van der Waals surface area contributed by atoms with Crippen LogP contribution < -0.4 is 5.32 Å². The summed E-state index contributed by atoms with van der Waals surface area (Å²) in [5.41, 5.74) is 3.65. The average molecular weight is 353 g/mol. The number of para-hydroxylation sites is 1. The first-order valence-corrected chi connectivity index (χ1v) is 9.26. The van der Waals surface area contributed by atoms with E-state index in [1.165, 1.54) is 5.39 Å². The highest BCUT2D eigenvalue weighted by molar-refractivity contribution is 6.03. The first kappa shape index (κ1) is 15.8. The van der Waals surface area contributed by atoms with Crippen LogP contribution in [0.25, 0.3) is 16.5 Å². The number of nitrogens with one attached hydrogen (secondary N) is 1. The van der Waals surface area contributed by atoms with Crippen LogP contribution in [0.4, 0.5) is 11.5 Å². The lowest BCUT2D eigenvalue weighted by molar-refractivity contribution is 0.0973. The minimum Gasteiger partial charge on any atom is -0.338 e. The van der Waals surface area contributed by atoms with E-state index in [1.807, 2.05) is 53.2 Å². The maximum absolute atomic E-state index is 12.7. The summed E-state index contributed by atoms with van der Waals surface area (Å²) in [6.07, 6.45) is 2.32. The molecule has 1 N–H and O–H groups in total. The lowest BCUT2D eigenvalue weighted by Crippen LogP contribution is -2.13. The highest BCUT2D eigenvalue weighted by Gasteiger charge is 2.27. The van der Waals surface area contributed by atoms with Gasteiger partial charge in [0.1, 0.15) is 0 Å². The van der Waals surface area contributed by atoms with Gasteiger partial charge < -0.3 is 5.32 Å². The third kappa shape index (κ3) is 2.79. The smallest absolute Gasteiger partial charge is 0.168 e. The van der Waals surface area contributed by atoms with Gasteiger partial charge in [-0.1, -0.05) is 48.5 Å². The fraction of sp³-hybridized carbons (Fsp3) is 0.130. The van der Waals surface area contributed by atoms with E-state index in [2.05, 4.69) is 29.6 Å². The lowest BCUT2D eigenvalue weighted by atomic mass is 9.95. The molecule has 1 aliphatic carbocycles. The van der Waals surface area contributed by atoms with Crippen LogP contribution >= 0.6 is 0 Å². The van der Waals surface area contributed by atoms with E-state index < -0.39 is 0 Å². The van der Waals surface area contributed by atoms with E-state index in [1.54, 1.807) is 0 Å². The molecule has 0 radical (unpaired) electrons. The number of anilines is 2. The Kier molecular flexibility index (Phi) is 3.75. The van der Waals surface area contributed by atoms with Crippen molar-refractivity contribution < 1.29 is 4.79 Å². The molecule has 0 fully saturated rings. The Balaban J connectivity index is 1.61. The average Bonchev–Trinajstić information content (AvgIpc) is 3.08. The van der Waals surface area contributed by atoms with Crippen molar-refractivity contribution in [2.45, 2.75) is 19.3 Å². The Morgan fingerprint density at radius 2 is 1.63 bits per heavy atom. The zero-order valence-corrected chi connectivity index (χ0v) is 14.9. The van der Waals surface area contributed by atoms with Gasteiger partial charge in [0.05, 0.1) is 16.9 Å². The Morgan fingerprint density at radius 1 is 0.852 bits per heavy atom. The summed E-state index contributed by atoms with van der Waals surface area (Å²) >= 11 is 0. The molecule has 3 aromatic carbocycles. The molecule has 1 aromatic heterocycles. The van der Waals surface area contributed by atoms with Crippen molar-refractivity contribution in [1.29, 1.82) is 0 Å². The van der Waals surface area contributed by atoms with Crippen LogP contribution in [0.5, 0.6) is 0 Å². The van der Waals surface area contributed by atoms with Crippen molar-refractivity contribution in [1.82, 2.24) is 9.78 Å². The summed E-state index contributed by atoms with van der Waals surface area (Å²) in [6, 6.07) is 24.5. The molecule has 0 amide bonds. The van der Waals surface area contributed by atoms with Crippen molar-refractivity contribution in [3.05, 3.63) is 84.1 Å². The zero-order chi connectivity index (χ0) is 18.2. The second-order valence-corrected chi connectivity index (χ2v) is 6.88. The van der Waals surface area contributed by atoms with Gasteiger partial charge in [0.25, 0.3) is 0 Å². The molecule has 132 valence electrons. The number of Topliss-reactive ketones (excluding diaryl/α,β-unsaturated/α-hetero) is 1. The number of aromatic nitrogens is 2. The van der Waals surface area contributed by atoms with E-state index in [-0.39, 0.29) is 5.78 Å². The maximum Gasteiger partial charge on any atom is 0.168 e. The van der Waals surface area contributed by atoms with E-state index in [9.17, 15) is 4.79 Å². The third-order valence-corrected chi connectivity index (χ3v) is 5.09. The number of carbonyl (C=O) groups is 1. The second-order valence-electron chi connectivity index (χ2n) is 6.88. The fourth-order valence-corrected chi connectivity index (χ4v) is 3.79. The molecular weight excluding hydrogens is 334 g/mol. The predicted octanol–water partition coefficient (Wildman–Crippen LogP) is 5.29. The number of benzene rings is 3. The van der Waals surface area contributed by atoms with Gasteiger partial charge in [-0.05, 0) is 47.9 Å². The van der Waals surface area contributed by atoms with E-state index in [0.29, 0.717) is 12.2 Å². The first-order chi connectivity index (χ1) is 13.3. The van der Waals surface area contributed by atoms with Crippen molar-refractivity contribution >= 4 is 28.1 Å². The molecule has 0 saturated heterocycles. The molecule has 0 unspecified atom stereocenters. The van der Waals surface area contributed by atoms with E-state index >= 15 is 0 Å². The molecule has 5 rings (SSSR count). The van der Waals surface area contributed by atoms with Crippen LogP contribution in [0.1, 0.15) is 28.9 Å². The number of ketones is 1. The quantitative estimate of drug-likeness (QED) is 0.544. The predicted molar refractivity (Wildman–Crippen MR) is 108 cm³/mol. The minimum atomic E-state index is 0.168. The van der Waals surface area contributed by atoms with Gasteiger partial charge in [-0.25, -0.2) is 4.68 Å². The zero-order valence-electron chi connectivity index (χ0n) is 14.9. The summed E-state index contributed by atoms with van der Waals surface area (Å²) in [6.45, 7) is 0. The van der Waals surface area contributed by atoms with Gasteiger partial charge in [-0.2, -0.15) is 0 Å². The molecule has 0 bridgehead atoms. The van der Waals surface area contributed by atoms with Crippen LogP contribution in [0.2, 0.25) is 0 Å². The van der Waals surface area contributed by atoms with Crippen molar-refractivity contribution in [3.8, 4) is 5.69 Å². The van der Waals surface area contributed by atoms with Crippen LogP contribution in [0.15, 0.2) is 72.8 Å².